The Bertz CT molecular complexity index is 217. The topological polar surface area (TPSA) is 37.3 Å². The molecule has 0 atom stereocenters. The van der Waals surface area contributed by atoms with E-state index in [9.17, 15) is 4.79 Å². The molecule has 0 radical (unpaired) electrons. The summed E-state index contributed by atoms with van der Waals surface area (Å²) < 4.78 is 0. The number of hydrogen-bond acceptors (Lipinski definition) is 1. The summed E-state index contributed by atoms with van der Waals surface area (Å²) in [6, 6.07) is 0. The summed E-state index contributed by atoms with van der Waals surface area (Å²) >= 11 is 0. The Morgan fingerprint density at radius 1 is 0.938 bits per heavy atom. The fourth-order valence-corrected chi connectivity index (χ4v) is 1.47. The maximum Gasteiger partial charge on any atom is 0.303 e. The predicted octanol–water partition coefficient (Wildman–Crippen LogP) is 4.32. The van der Waals surface area contributed by atoms with Gasteiger partial charge in [-0.25, -0.2) is 0 Å². The SMILES string of the molecule is C/C=C/CCCC/C=C/CCCCC(=O)O. The van der Waals surface area contributed by atoms with E-state index in [2.05, 4.69) is 31.2 Å². The average molecular weight is 224 g/mol. The number of unbranched alkanes of at least 4 members (excludes halogenated alkanes) is 5. The minimum atomic E-state index is -0.687. The quantitative estimate of drug-likeness (QED) is 0.443. The van der Waals surface area contributed by atoms with Gasteiger partial charge in [0.25, 0.3) is 0 Å². The van der Waals surface area contributed by atoms with Gasteiger partial charge >= 0.3 is 5.97 Å². The lowest BCUT2D eigenvalue weighted by Gasteiger charge is -1.94. The van der Waals surface area contributed by atoms with Crippen LogP contribution in [0.2, 0.25) is 0 Å². The number of aliphatic carboxylic acids is 1. The first-order chi connectivity index (χ1) is 7.77. The second-order valence-electron chi connectivity index (χ2n) is 3.96. The van der Waals surface area contributed by atoms with Crippen molar-refractivity contribution in [2.45, 2.75) is 58.3 Å². The van der Waals surface area contributed by atoms with Crippen LogP contribution in [0.3, 0.4) is 0 Å². The standard InChI is InChI=1S/C14H24O2/c1-2-3-4-5-6-7-8-9-10-11-12-13-14(15)16/h2-3,8-9H,4-7,10-13H2,1H3,(H,15,16)/b3-2+,9-8+. The third-order valence-corrected chi connectivity index (χ3v) is 2.41. The molecule has 92 valence electrons. The second kappa shape index (κ2) is 12.0. The van der Waals surface area contributed by atoms with Crippen LogP contribution in [0.15, 0.2) is 24.3 Å². The summed E-state index contributed by atoms with van der Waals surface area (Å²) in [6.07, 6.45) is 16.6. The summed E-state index contributed by atoms with van der Waals surface area (Å²) in [4.78, 5) is 10.2. The van der Waals surface area contributed by atoms with Crippen LogP contribution >= 0.6 is 0 Å². The minimum Gasteiger partial charge on any atom is -0.481 e. The van der Waals surface area contributed by atoms with Gasteiger partial charge < -0.3 is 5.11 Å². The van der Waals surface area contributed by atoms with Crippen LogP contribution in [0.4, 0.5) is 0 Å². The molecule has 0 heterocycles. The average Bonchev–Trinajstić information content (AvgIpc) is 2.25. The smallest absolute Gasteiger partial charge is 0.303 e. The first-order valence-electron chi connectivity index (χ1n) is 6.25. The van der Waals surface area contributed by atoms with Gasteiger partial charge in [-0.1, -0.05) is 24.3 Å². The van der Waals surface area contributed by atoms with Crippen molar-refractivity contribution in [1.29, 1.82) is 0 Å². The third kappa shape index (κ3) is 12.9. The van der Waals surface area contributed by atoms with Crippen LogP contribution in [0.25, 0.3) is 0 Å². The molecule has 0 aliphatic rings. The van der Waals surface area contributed by atoms with Crippen molar-refractivity contribution in [3.8, 4) is 0 Å². The molecule has 0 fully saturated rings. The molecule has 0 amide bonds. The predicted molar refractivity (Wildman–Crippen MR) is 68.5 cm³/mol. The molecule has 2 heteroatoms. The van der Waals surface area contributed by atoms with Crippen molar-refractivity contribution >= 4 is 5.97 Å². The Balaban J connectivity index is 3.13. The van der Waals surface area contributed by atoms with Crippen molar-refractivity contribution in [3.05, 3.63) is 24.3 Å². The molecule has 16 heavy (non-hydrogen) atoms. The fourth-order valence-electron chi connectivity index (χ4n) is 1.47. The highest BCUT2D eigenvalue weighted by atomic mass is 16.4. The number of carboxylic acid groups (broad SMARTS) is 1. The molecule has 0 bridgehead atoms. The van der Waals surface area contributed by atoms with Crippen LogP contribution in [-0.2, 0) is 4.79 Å². The van der Waals surface area contributed by atoms with Crippen LogP contribution in [0.1, 0.15) is 58.3 Å². The monoisotopic (exact) mass is 224 g/mol. The molecule has 0 aliphatic heterocycles. The molecular formula is C14H24O2. The van der Waals surface area contributed by atoms with E-state index in [4.69, 9.17) is 5.11 Å². The van der Waals surface area contributed by atoms with E-state index in [0.717, 1.165) is 25.7 Å². The lowest BCUT2D eigenvalue weighted by molar-refractivity contribution is -0.137. The molecule has 0 unspecified atom stereocenters. The molecule has 0 spiro atoms. The minimum absolute atomic E-state index is 0.303. The van der Waals surface area contributed by atoms with Gasteiger partial charge in [-0.3, -0.25) is 4.79 Å². The molecule has 0 aliphatic carbocycles. The Hall–Kier alpha value is -1.05. The van der Waals surface area contributed by atoms with Crippen molar-refractivity contribution in [2.75, 3.05) is 0 Å². The first kappa shape index (κ1) is 14.9. The Morgan fingerprint density at radius 3 is 1.94 bits per heavy atom. The van der Waals surface area contributed by atoms with E-state index < -0.39 is 5.97 Å². The molecule has 0 aromatic carbocycles. The molecule has 0 saturated heterocycles. The number of allylic oxidation sites excluding steroid dienone is 4. The number of hydrogen-bond donors (Lipinski definition) is 1. The summed E-state index contributed by atoms with van der Waals surface area (Å²) in [5.74, 6) is -0.687. The zero-order valence-electron chi connectivity index (χ0n) is 10.3. The third-order valence-electron chi connectivity index (χ3n) is 2.41. The second-order valence-corrected chi connectivity index (χ2v) is 3.96. The summed E-state index contributed by atoms with van der Waals surface area (Å²) in [5, 5.41) is 8.43. The van der Waals surface area contributed by atoms with E-state index >= 15 is 0 Å². The van der Waals surface area contributed by atoms with Gasteiger partial charge in [0.15, 0.2) is 0 Å². The molecule has 2 nitrogen and oxygen atoms in total. The highest BCUT2D eigenvalue weighted by Gasteiger charge is 1.94. The van der Waals surface area contributed by atoms with Crippen LogP contribution in [-0.4, -0.2) is 11.1 Å². The molecular weight excluding hydrogens is 200 g/mol. The molecule has 0 aromatic rings. The van der Waals surface area contributed by atoms with Gasteiger partial charge in [0.05, 0.1) is 0 Å². The van der Waals surface area contributed by atoms with Crippen molar-refractivity contribution in [1.82, 2.24) is 0 Å². The molecule has 1 N–H and O–H groups in total. The van der Waals surface area contributed by atoms with E-state index in [0.29, 0.717) is 6.42 Å². The van der Waals surface area contributed by atoms with Crippen molar-refractivity contribution < 1.29 is 9.90 Å². The van der Waals surface area contributed by atoms with Crippen molar-refractivity contribution in [3.63, 3.8) is 0 Å². The van der Waals surface area contributed by atoms with E-state index in [1.54, 1.807) is 0 Å². The van der Waals surface area contributed by atoms with Crippen LogP contribution in [0, 0.1) is 0 Å². The highest BCUT2D eigenvalue weighted by Crippen LogP contribution is 2.04. The number of carboxylic acids is 1. The molecule has 0 rings (SSSR count). The largest absolute Gasteiger partial charge is 0.481 e. The van der Waals surface area contributed by atoms with Gasteiger partial charge in [0, 0.05) is 6.42 Å². The molecule has 0 aromatic heterocycles. The maximum absolute atomic E-state index is 10.2. The number of rotatable bonds is 10. The van der Waals surface area contributed by atoms with Crippen molar-refractivity contribution in [2.24, 2.45) is 0 Å². The van der Waals surface area contributed by atoms with E-state index in [-0.39, 0.29) is 0 Å². The normalized spacial score (nSPS) is 11.6. The van der Waals surface area contributed by atoms with Gasteiger partial charge in [-0.05, 0) is 51.9 Å². The summed E-state index contributed by atoms with van der Waals surface area (Å²) in [5.41, 5.74) is 0. The molecule has 0 saturated carbocycles. The highest BCUT2D eigenvalue weighted by molar-refractivity contribution is 5.66. The lowest BCUT2D eigenvalue weighted by atomic mass is 10.1. The van der Waals surface area contributed by atoms with Gasteiger partial charge in [-0.15, -0.1) is 0 Å². The first-order valence-corrected chi connectivity index (χ1v) is 6.25. The van der Waals surface area contributed by atoms with Gasteiger partial charge in [0.1, 0.15) is 0 Å². The van der Waals surface area contributed by atoms with Gasteiger partial charge in [-0.2, -0.15) is 0 Å². The van der Waals surface area contributed by atoms with E-state index in [1.165, 1.54) is 19.3 Å². The maximum atomic E-state index is 10.2. The summed E-state index contributed by atoms with van der Waals surface area (Å²) in [7, 11) is 0. The zero-order valence-corrected chi connectivity index (χ0v) is 10.3. The number of carbonyl (C=O) groups is 1. The van der Waals surface area contributed by atoms with Gasteiger partial charge in [0.2, 0.25) is 0 Å². The van der Waals surface area contributed by atoms with Crippen LogP contribution < -0.4 is 0 Å². The fraction of sp³-hybridized carbons (Fsp3) is 0.643. The summed E-state index contributed by atoms with van der Waals surface area (Å²) in [6.45, 7) is 2.05. The Morgan fingerprint density at radius 2 is 1.44 bits per heavy atom. The Labute approximate surface area is 99.1 Å². The lowest BCUT2D eigenvalue weighted by Crippen LogP contribution is -1.92. The van der Waals surface area contributed by atoms with Crippen LogP contribution in [0.5, 0.6) is 0 Å². The Kier molecular flexibility index (Phi) is 11.2. The zero-order chi connectivity index (χ0) is 12.1. The van der Waals surface area contributed by atoms with E-state index in [1.807, 2.05) is 0 Å².